The smallest absolute Gasteiger partial charge is 0.337 e. The number of rotatable bonds is 4. The Kier molecular flexibility index (Phi) is 3.84. The van der Waals surface area contributed by atoms with Gasteiger partial charge in [0.05, 0.1) is 10.5 Å². The van der Waals surface area contributed by atoms with Crippen LogP contribution >= 0.6 is 0 Å². The van der Waals surface area contributed by atoms with Gasteiger partial charge in [-0.3, -0.25) is 10.1 Å². The zero-order valence-electron chi connectivity index (χ0n) is 11.4. The summed E-state index contributed by atoms with van der Waals surface area (Å²) in [5, 5.41) is 19.6. The lowest BCUT2D eigenvalue weighted by atomic mass is 10.1. The predicted molar refractivity (Wildman–Crippen MR) is 73.8 cm³/mol. The number of hydrogen-bond donors (Lipinski definition) is 1. The summed E-state index contributed by atoms with van der Waals surface area (Å²) >= 11 is 0. The number of pyridine rings is 1. The molecule has 0 saturated heterocycles. The Hall–Kier alpha value is -2.96. The van der Waals surface area contributed by atoms with E-state index < -0.39 is 10.9 Å². The van der Waals surface area contributed by atoms with Gasteiger partial charge in [-0.1, -0.05) is 0 Å². The molecule has 0 amide bonds. The standard InChI is InChI=1S/C14H12N2O5/c1-8-6-12(9(2)5-11(8)16(19)20)21-13-4-3-10(7-15-13)14(17)18/h3-7H,1-2H3,(H,17,18). The molecular weight excluding hydrogens is 276 g/mol. The van der Waals surface area contributed by atoms with Crippen molar-refractivity contribution in [3.05, 3.63) is 57.3 Å². The van der Waals surface area contributed by atoms with Crippen LogP contribution < -0.4 is 4.74 Å². The van der Waals surface area contributed by atoms with Crippen molar-refractivity contribution in [2.75, 3.05) is 0 Å². The fraction of sp³-hybridized carbons (Fsp3) is 0.143. The number of aryl methyl sites for hydroxylation is 2. The van der Waals surface area contributed by atoms with Crippen LogP contribution in [0.4, 0.5) is 5.69 Å². The highest BCUT2D eigenvalue weighted by molar-refractivity contribution is 5.87. The molecule has 108 valence electrons. The first kappa shape index (κ1) is 14.4. The van der Waals surface area contributed by atoms with E-state index in [-0.39, 0.29) is 17.1 Å². The van der Waals surface area contributed by atoms with Crippen LogP contribution in [0.2, 0.25) is 0 Å². The van der Waals surface area contributed by atoms with E-state index in [1.807, 2.05) is 0 Å². The first-order valence-corrected chi connectivity index (χ1v) is 6.01. The lowest BCUT2D eigenvalue weighted by Crippen LogP contribution is -1.99. The van der Waals surface area contributed by atoms with E-state index in [1.54, 1.807) is 19.9 Å². The van der Waals surface area contributed by atoms with Gasteiger partial charge in [0.2, 0.25) is 5.88 Å². The normalized spacial score (nSPS) is 10.2. The highest BCUT2D eigenvalue weighted by Gasteiger charge is 2.15. The van der Waals surface area contributed by atoms with Crippen molar-refractivity contribution in [3.8, 4) is 11.6 Å². The SMILES string of the molecule is Cc1cc([N+](=O)[O-])c(C)cc1Oc1ccc(C(=O)O)cn1. The molecule has 21 heavy (non-hydrogen) atoms. The fourth-order valence-corrected chi connectivity index (χ4v) is 1.76. The quantitative estimate of drug-likeness (QED) is 0.685. The second kappa shape index (κ2) is 5.58. The summed E-state index contributed by atoms with van der Waals surface area (Å²) in [6.45, 7) is 3.30. The van der Waals surface area contributed by atoms with Crippen LogP contribution in [0.5, 0.6) is 11.6 Å². The molecule has 0 aliphatic heterocycles. The molecule has 0 saturated carbocycles. The maximum Gasteiger partial charge on any atom is 0.337 e. The molecule has 1 heterocycles. The van der Waals surface area contributed by atoms with Crippen LogP contribution in [0.25, 0.3) is 0 Å². The number of nitro groups is 1. The maximum absolute atomic E-state index is 10.8. The summed E-state index contributed by atoms with van der Waals surface area (Å²) in [4.78, 5) is 25.0. The van der Waals surface area contributed by atoms with Crippen molar-refractivity contribution < 1.29 is 19.6 Å². The molecule has 0 fully saturated rings. The molecule has 7 heteroatoms. The Labute approximate surface area is 120 Å². The van der Waals surface area contributed by atoms with Gasteiger partial charge in [0.15, 0.2) is 0 Å². The second-order valence-electron chi connectivity index (χ2n) is 4.45. The minimum Gasteiger partial charge on any atom is -0.478 e. The zero-order chi connectivity index (χ0) is 15.6. The van der Waals surface area contributed by atoms with E-state index in [2.05, 4.69) is 4.98 Å². The van der Waals surface area contributed by atoms with Gasteiger partial charge in [0.25, 0.3) is 5.69 Å². The predicted octanol–water partition coefficient (Wildman–Crippen LogP) is 3.10. The molecule has 0 bridgehead atoms. The molecule has 7 nitrogen and oxygen atoms in total. The van der Waals surface area contributed by atoms with Gasteiger partial charge in [0, 0.05) is 23.9 Å². The minimum absolute atomic E-state index is 0.0223. The van der Waals surface area contributed by atoms with Crippen molar-refractivity contribution in [1.82, 2.24) is 4.98 Å². The number of carbonyl (C=O) groups is 1. The summed E-state index contributed by atoms with van der Waals surface area (Å²) in [6, 6.07) is 5.79. The Bertz CT molecular complexity index is 710. The summed E-state index contributed by atoms with van der Waals surface area (Å²) in [5.74, 6) is -0.415. The number of hydrogen-bond acceptors (Lipinski definition) is 5. The summed E-state index contributed by atoms with van der Waals surface area (Å²) in [6.07, 6.45) is 1.19. The monoisotopic (exact) mass is 288 g/mol. The van der Waals surface area contributed by atoms with E-state index in [9.17, 15) is 14.9 Å². The third-order valence-electron chi connectivity index (χ3n) is 2.89. The Morgan fingerprint density at radius 1 is 1.29 bits per heavy atom. The molecule has 1 N–H and O–H groups in total. The molecule has 2 rings (SSSR count). The van der Waals surface area contributed by atoms with Crippen molar-refractivity contribution in [1.29, 1.82) is 0 Å². The molecule has 2 aromatic rings. The van der Waals surface area contributed by atoms with Crippen LogP contribution in [0.1, 0.15) is 21.5 Å². The summed E-state index contributed by atoms with van der Waals surface area (Å²) in [7, 11) is 0. The Morgan fingerprint density at radius 2 is 2.00 bits per heavy atom. The number of aromatic nitrogens is 1. The Morgan fingerprint density at radius 3 is 2.52 bits per heavy atom. The third-order valence-corrected chi connectivity index (χ3v) is 2.89. The van der Waals surface area contributed by atoms with Gasteiger partial charge in [-0.2, -0.15) is 0 Å². The number of carboxylic acid groups (broad SMARTS) is 1. The zero-order valence-corrected chi connectivity index (χ0v) is 11.4. The van der Waals surface area contributed by atoms with Crippen LogP contribution in [0.15, 0.2) is 30.5 Å². The van der Waals surface area contributed by atoms with Gasteiger partial charge in [-0.05, 0) is 31.5 Å². The minimum atomic E-state index is -1.07. The van der Waals surface area contributed by atoms with E-state index in [1.165, 1.54) is 24.4 Å². The maximum atomic E-state index is 10.8. The van der Waals surface area contributed by atoms with E-state index in [0.717, 1.165) is 0 Å². The first-order valence-electron chi connectivity index (χ1n) is 6.01. The average molecular weight is 288 g/mol. The molecule has 0 atom stereocenters. The lowest BCUT2D eigenvalue weighted by Gasteiger charge is -2.09. The molecule has 0 unspecified atom stereocenters. The number of ether oxygens (including phenoxy) is 1. The summed E-state index contributed by atoms with van der Waals surface area (Å²) in [5.41, 5.74) is 1.15. The molecule has 1 aromatic carbocycles. The van der Waals surface area contributed by atoms with Crippen molar-refractivity contribution in [2.24, 2.45) is 0 Å². The fourth-order valence-electron chi connectivity index (χ4n) is 1.76. The molecule has 0 spiro atoms. The highest BCUT2D eigenvalue weighted by Crippen LogP contribution is 2.30. The average Bonchev–Trinajstić information content (AvgIpc) is 2.42. The molecule has 0 aliphatic carbocycles. The molecule has 0 radical (unpaired) electrons. The van der Waals surface area contributed by atoms with E-state index in [4.69, 9.17) is 9.84 Å². The van der Waals surface area contributed by atoms with Gasteiger partial charge < -0.3 is 9.84 Å². The van der Waals surface area contributed by atoms with Crippen molar-refractivity contribution in [2.45, 2.75) is 13.8 Å². The number of nitro benzene ring substituents is 1. The van der Waals surface area contributed by atoms with Crippen LogP contribution in [-0.2, 0) is 0 Å². The Balaban J connectivity index is 2.29. The molecule has 1 aromatic heterocycles. The van der Waals surface area contributed by atoms with Gasteiger partial charge in [-0.15, -0.1) is 0 Å². The van der Waals surface area contributed by atoms with Crippen LogP contribution in [-0.4, -0.2) is 21.0 Å². The van der Waals surface area contributed by atoms with E-state index in [0.29, 0.717) is 16.9 Å². The summed E-state index contributed by atoms with van der Waals surface area (Å²) < 4.78 is 5.53. The number of carboxylic acids is 1. The number of aromatic carboxylic acids is 1. The second-order valence-corrected chi connectivity index (χ2v) is 4.45. The first-order chi connectivity index (χ1) is 9.88. The molecular formula is C14H12N2O5. The number of benzene rings is 1. The lowest BCUT2D eigenvalue weighted by molar-refractivity contribution is -0.385. The van der Waals surface area contributed by atoms with Crippen molar-refractivity contribution in [3.63, 3.8) is 0 Å². The van der Waals surface area contributed by atoms with Gasteiger partial charge in [0.1, 0.15) is 5.75 Å². The largest absolute Gasteiger partial charge is 0.478 e. The third kappa shape index (κ3) is 3.14. The van der Waals surface area contributed by atoms with Crippen LogP contribution in [0, 0.1) is 24.0 Å². The van der Waals surface area contributed by atoms with Gasteiger partial charge >= 0.3 is 5.97 Å². The van der Waals surface area contributed by atoms with Crippen LogP contribution in [0.3, 0.4) is 0 Å². The number of nitrogens with zero attached hydrogens (tertiary/aromatic N) is 2. The van der Waals surface area contributed by atoms with E-state index >= 15 is 0 Å². The highest BCUT2D eigenvalue weighted by atomic mass is 16.6. The van der Waals surface area contributed by atoms with Gasteiger partial charge in [-0.25, -0.2) is 9.78 Å². The van der Waals surface area contributed by atoms with Crippen molar-refractivity contribution >= 4 is 11.7 Å². The molecule has 0 aliphatic rings. The topological polar surface area (TPSA) is 103 Å².